The molecule has 1 N–H and O–H groups in total. The molecule has 4 heteroatoms. The fraction of sp³-hybridized carbons (Fsp3) is 0.312. The van der Waals surface area contributed by atoms with Gasteiger partial charge >= 0.3 is 0 Å². The quantitative estimate of drug-likeness (QED) is 0.870. The van der Waals surface area contributed by atoms with E-state index in [0.717, 1.165) is 36.4 Å². The van der Waals surface area contributed by atoms with Gasteiger partial charge in [0.15, 0.2) is 0 Å². The summed E-state index contributed by atoms with van der Waals surface area (Å²) in [5.41, 5.74) is 3.13. The maximum atomic E-state index is 12.9. The molecule has 1 heterocycles. The Hall–Kier alpha value is -2.10. The van der Waals surface area contributed by atoms with Crippen LogP contribution in [0.5, 0.6) is 0 Å². The SMILES string of the molecule is CCCNc1cncc(N(C)Cc2ccc(F)cc2)c1. The first-order chi connectivity index (χ1) is 9.69. The molecule has 2 aromatic rings. The van der Waals surface area contributed by atoms with Crippen LogP contribution in [-0.4, -0.2) is 18.6 Å². The second-order valence-corrected chi connectivity index (χ2v) is 4.84. The number of nitrogens with one attached hydrogen (secondary N) is 1. The van der Waals surface area contributed by atoms with Gasteiger partial charge in [0.25, 0.3) is 0 Å². The Morgan fingerprint density at radius 2 is 1.95 bits per heavy atom. The number of nitrogens with zero attached hydrogens (tertiary/aromatic N) is 2. The van der Waals surface area contributed by atoms with Crippen molar-refractivity contribution < 1.29 is 4.39 Å². The number of rotatable bonds is 6. The maximum Gasteiger partial charge on any atom is 0.123 e. The van der Waals surface area contributed by atoms with E-state index in [1.165, 1.54) is 12.1 Å². The summed E-state index contributed by atoms with van der Waals surface area (Å²) >= 11 is 0. The normalized spacial score (nSPS) is 10.3. The molecule has 0 saturated heterocycles. The molecule has 0 aliphatic heterocycles. The molecule has 0 amide bonds. The zero-order valence-electron chi connectivity index (χ0n) is 11.9. The summed E-state index contributed by atoms with van der Waals surface area (Å²) in [5.74, 6) is -0.205. The van der Waals surface area contributed by atoms with E-state index in [2.05, 4.69) is 28.2 Å². The van der Waals surface area contributed by atoms with Crippen molar-refractivity contribution in [3.8, 4) is 0 Å². The molecule has 2 rings (SSSR count). The lowest BCUT2D eigenvalue weighted by molar-refractivity contribution is 0.627. The highest BCUT2D eigenvalue weighted by atomic mass is 19.1. The molecular formula is C16H20FN3. The van der Waals surface area contributed by atoms with Crippen molar-refractivity contribution in [2.45, 2.75) is 19.9 Å². The topological polar surface area (TPSA) is 28.2 Å². The van der Waals surface area contributed by atoms with Gasteiger partial charge in [-0.3, -0.25) is 4.98 Å². The molecule has 1 aromatic heterocycles. The van der Waals surface area contributed by atoms with Crippen molar-refractivity contribution in [1.82, 2.24) is 4.98 Å². The molecule has 0 unspecified atom stereocenters. The summed E-state index contributed by atoms with van der Waals surface area (Å²) in [6.07, 6.45) is 4.74. The van der Waals surface area contributed by atoms with Crippen LogP contribution >= 0.6 is 0 Å². The third kappa shape index (κ3) is 3.95. The average Bonchev–Trinajstić information content (AvgIpc) is 2.48. The molecule has 106 valence electrons. The highest BCUT2D eigenvalue weighted by molar-refractivity contribution is 5.55. The number of anilines is 2. The van der Waals surface area contributed by atoms with Gasteiger partial charge in [-0.15, -0.1) is 0 Å². The van der Waals surface area contributed by atoms with Crippen molar-refractivity contribution in [1.29, 1.82) is 0 Å². The van der Waals surface area contributed by atoms with Gasteiger partial charge < -0.3 is 10.2 Å². The number of hydrogen-bond donors (Lipinski definition) is 1. The van der Waals surface area contributed by atoms with Gasteiger partial charge in [0.2, 0.25) is 0 Å². The summed E-state index contributed by atoms with van der Waals surface area (Å²) < 4.78 is 12.9. The van der Waals surface area contributed by atoms with Gasteiger partial charge in [0.1, 0.15) is 5.82 Å². The van der Waals surface area contributed by atoms with E-state index in [1.807, 2.05) is 19.4 Å². The van der Waals surface area contributed by atoms with Crippen LogP contribution in [0.1, 0.15) is 18.9 Å². The lowest BCUT2D eigenvalue weighted by Crippen LogP contribution is -2.16. The summed E-state index contributed by atoms with van der Waals surface area (Å²) in [4.78, 5) is 6.34. The summed E-state index contributed by atoms with van der Waals surface area (Å²) in [5, 5.41) is 3.32. The molecule has 0 fully saturated rings. The highest BCUT2D eigenvalue weighted by Gasteiger charge is 2.04. The fourth-order valence-electron chi connectivity index (χ4n) is 1.96. The van der Waals surface area contributed by atoms with Gasteiger partial charge in [-0.05, 0) is 30.2 Å². The number of benzene rings is 1. The summed E-state index contributed by atoms with van der Waals surface area (Å²) in [6, 6.07) is 8.66. The van der Waals surface area contributed by atoms with Gasteiger partial charge in [0.05, 0.1) is 23.8 Å². The van der Waals surface area contributed by atoms with Crippen LogP contribution in [0.4, 0.5) is 15.8 Å². The first kappa shape index (κ1) is 14.3. The highest BCUT2D eigenvalue weighted by Crippen LogP contribution is 2.18. The van der Waals surface area contributed by atoms with Crippen LogP contribution in [0, 0.1) is 5.82 Å². The van der Waals surface area contributed by atoms with Gasteiger partial charge in [-0.2, -0.15) is 0 Å². The predicted octanol–water partition coefficient (Wildman–Crippen LogP) is 3.68. The van der Waals surface area contributed by atoms with E-state index in [-0.39, 0.29) is 5.82 Å². The Kier molecular flexibility index (Phi) is 4.93. The molecule has 0 spiro atoms. The molecule has 0 saturated carbocycles. The minimum absolute atomic E-state index is 0.205. The molecular weight excluding hydrogens is 253 g/mol. The van der Waals surface area contributed by atoms with E-state index >= 15 is 0 Å². The Balaban J connectivity index is 2.04. The maximum absolute atomic E-state index is 12.9. The minimum Gasteiger partial charge on any atom is -0.384 e. The Labute approximate surface area is 119 Å². The molecule has 0 aliphatic rings. The van der Waals surface area contributed by atoms with Crippen molar-refractivity contribution in [2.75, 3.05) is 23.8 Å². The van der Waals surface area contributed by atoms with Crippen molar-refractivity contribution in [2.24, 2.45) is 0 Å². The zero-order chi connectivity index (χ0) is 14.4. The van der Waals surface area contributed by atoms with Crippen LogP contribution in [0.2, 0.25) is 0 Å². The largest absolute Gasteiger partial charge is 0.384 e. The van der Waals surface area contributed by atoms with Gasteiger partial charge in [0, 0.05) is 20.1 Å². The lowest BCUT2D eigenvalue weighted by Gasteiger charge is -2.20. The van der Waals surface area contributed by atoms with E-state index in [4.69, 9.17) is 0 Å². The van der Waals surface area contributed by atoms with Crippen LogP contribution in [-0.2, 0) is 6.54 Å². The first-order valence-electron chi connectivity index (χ1n) is 6.83. The molecule has 20 heavy (non-hydrogen) atoms. The van der Waals surface area contributed by atoms with Crippen molar-refractivity contribution in [3.05, 3.63) is 54.1 Å². The number of hydrogen-bond acceptors (Lipinski definition) is 3. The fourth-order valence-corrected chi connectivity index (χ4v) is 1.96. The second kappa shape index (κ2) is 6.89. The minimum atomic E-state index is -0.205. The van der Waals surface area contributed by atoms with Gasteiger partial charge in [-0.1, -0.05) is 19.1 Å². The molecule has 1 aromatic carbocycles. The van der Waals surface area contributed by atoms with Crippen LogP contribution in [0.15, 0.2) is 42.7 Å². The second-order valence-electron chi connectivity index (χ2n) is 4.84. The molecule has 0 aliphatic carbocycles. The molecule has 0 radical (unpaired) electrons. The number of aromatic nitrogens is 1. The molecule has 0 bridgehead atoms. The van der Waals surface area contributed by atoms with E-state index in [0.29, 0.717) is 0 Å². The van der Waals surface area contributed by atoms with Crippen molar-refractivity contribution in [3.63, 3.8) is 0 Å². The average molecular weight is 273 g/mol. The lowest BCUT2D eigenvalue weighted by atomic mass is 10.2. The summed E-state index contributed by atoms with van der Waals surface area (Å²) in [6.45, 7) is 3.79. The summed E-state index contributed by atoms with van der Waals surface area (Å²) in [7, 11) is 2.00. The number of pyridine rings is 1. The zero-order valence-corrected chi connectivity index (χ0v) is 11.9. The Morgan fingerprint density at radius 1 is 1.20 bits per heavy atom. The standard InChI is InChI=1S/C16H20FN3/c1-3-8-19-15-9-16(11-18-10-15)20(2)12-13-4-6-14(17)7-5-13/h4-7,9-11,19H,3,8,12H2,1-2H3. The Bertz CT molecular complexity index is 540. The monoisotopic (exact) mass is 273 g/mol. The Morgan fingerprint density at radius 3 is 2.65 bits per heavy atom. The molecule has 0 atom stereocenters. The first-order valence-corrected chi connectivity index (χ1v) is 6.83. The van der Waals surface area contributed by atoms with E-state index < -0.39 is 0 Å². The third-order valence-electron chi connectivity index (χ3n) is 3.08. The number of halogens is 1. The van der Waals surface area contributed by atoms with Crippen LogP contribution in [0.25, 0.3) is 0 Å². The van der Waals surface area contributed by atoms with E-state index in [1.54, 1.807) is 12.1 Å². The predicted molar refractivity (Wildman–Crippen MR) is 81.5 cm³/mol. The van der Waals surface area contributed by atoms with Crippen LogP contribution < -0.4 is 10.2 Å². The van der Waals surface area contributed by atoms with Crippen LogP contribution in [0.3, 0.4) is 0 Å². The third-order valence-corrected chi connectivity index (χ3v) is 3.08. The van der Waals surface area contributed by atoms with E-state index in [9.17, 15) is 4.39 Å². The van der Waals surface area contributed by atoms with Crippen molar-refractivity contribution >= 4 is 11.4 Å². The molecule has 3 nitrogen and oxygen atoms in total. The van der Waals surface area contributed by atoms with Gasteiger partial charge in [-0.25, -0.2) is 4.39 Å². The smallest absolute Gasteiger partial charge is 0.123 e.